The number of nitrogens with zero attached hydrogens (tertiary/aromatic N) is 1. The fraction of sp³-hybridized carbons (Fsp3) is 0.938. The van der Waals surface area contributed by atoms with E-state index in [9.17, 15) is 4.79 Å². The van der Waals surface area contributed by atoms with Crippen LogP contribution in [0.4, 0.5) is 0 Å². The van der Waals surface area contributed by atoms with Gasteiger partial charge in [-0.05, 0) is 44.7 Å². The second kappa shape index (κ2) is 6.90. The van der Waals surface area contributed by atoms with E-state index in [1.165, 1.54) is 7.11 Å². The second-order valence-corrected chi connectivity index (χ2v) is 7.33. The third-order valence-electron chi connectivity index (χ3n) is 4.16. The minimum absolute atomic E-state index is 0.104. The minimum atomic E-state index is -0.488. The summed E-state index contributed by atoms with van der Waals surface area (Å²) in [6.45, 7) is 10.7. The maximum atomic E-state index is 12.2. The van der Waals surface area contributed by atoms with Crippen LogP contribution in [0.1, 0.15) is 53.4 Å². The Kier molecular flexibility index (Phi) is 6.02. The Balaban J connectivity index is 2.79. The molecular formula is C16H32N2O2. The standard InChI is InChI=1S/C16H32N2O2/c1-7-17-16(14(19)20-6)10-8-9-13(11-16)18(5)12-15(2,3)4/h13,17H,7-12H2,1-6H3. The molecule has 1 aliphatic rings. The molecule has 1 rings (SSSR count). The molecular weight excluding hydrogens is 252 g/mol. The Morgan fingerprint density at radius 2 is 2.10 bits per heavy atom. The van der Waals surface area contributed by atoms with Gasteiger partial charge in [0.25, 0.3) is 0 Å². The maximum absolute atomic E-state index is 12.2. The lowest BCUT2D eigenvalue weighted by Crippen LogP contribution is -2.58. The van der Waals surface area contributed by atoms with Crippen molar-refractivity contribution in [3.63, 3.8) is 0 Å². The van der Waals surface area contributed by atoms with Crippen LogP contribution in [-0.2, 0) is 9.53 Å². The molecule has 118 valence electrons. The van der Waals surface area contributed by atoms with Gasteiger partial charge in [0.05, 0.1) is 7.11 Å². The van der Waals surface area contributed by atoms with Gasteiger partial charge in [-0.25, -0.2) is 0 Å². The van der Waals surface area contributed by atoms with E-state index < -0.39 is 5.54 Å². The molecule has 0 aromatic heterocycles. The molecule has 0 aromatic rings. The van der Waals surface area contributed by atoms with Crippen LogP contribution >= 0.6 is 0 Å². The maximum Gasteiger partial charge on any atom is 0.326 e. The molecule has 0 radical (unpaired) electrons. The number of esters is 1. The molecule has 4 nitrogen and oxygen atoms in total. The van der Waals surface area contributed by atoms with Gasteiger partial charge in [-0.15, -0.1) is 0 Å². The number of carbonyl (C=O) groups excluding carboxylic acids is 1. The van der Waals surface area contributed by atoms with E-state index in [1.807, 2.05) is 6.92 Å². The van der Waals surface area contributed by atoms with Gasteiger partial charge in [-0.1, -0.05) is 27.7 Å². The van der Waals surface area contributed by atoms with Gasteiger partial charge in [0.15, 0.2) is 0 Å². The van der Waals surface area contributed by atoms with E-state index in [2.05, 4.69) is 38.0 Å². The van der Waals surface area contributed by atoms with Crippen molar-refractivity contribution < 1.29 is 9.53 Å². The molecule has 0 bridgehead atoms. The Morgan fingerprint density at radius 1 is 1.45 bits per heavy atom. The Morgan fingerprint density at radius 3 is 2.60 bits per heavy atom. The van der Waals surface area contributed by atoms with Gasteiger partial charge in [-0.2, -0.15) is 0 Å². The molecule has 1 saturated carbocycles. The van der Waals surface area contributed by atoms with Gasteiger partial charge in [-0.3, -0.25) is 4.79 Å². The largest absolute Gasteiger partial charge is 0.468 e. The van der Waals surface area contributed by atoms with E-state index in [-0.39, 0.29) is 11.4 Å². The summed E-state index contributed by atoms with van der Waals surface area (Å²) < 4.78 is 5.05. The van der Waals surface area contributed by atoms with E-state index >= 15 is 0 Å². The Labute approximate surface area is 124 Å². The van der Waals surface area contributed by atoms with Crippen LogP contribution in [0, 0.1) is 5.41 Å². The van der Waals surface area contributed by atoms with Crippen LogP contribution in [0.15, 0.2) is 0 Å². The molecule has 0 aliphatic heterocycles. The number of likely N-dealkylation sites (N-methyl/N-ethyl adjacent to an activating group) is 1. The predicted octanol–water partition coefficient (Wildman–Crippen LogP) is 2.43. The van der Waals surface area contributed by atoms with Crippen LogP contribution in [0.2, 0.25) is 0 Å². The van der Waals surface area contributed by atoms with Crippen LogP contribution in [0.25, 0.3) is 0 Å². The quantitative estimate of drug-likeness (QED) is 0.787. The van der Waals surface area contributed by atoms with E-state index in [1.54, 1.807) is 0 Å². The first-order chi connectivity index (χ1) is 9.24. The van der Waals surface area contributed by atoms with Crippen LogP contribution < -0.4 is 5.32 Å². The Bertz CT molecular complexity index is 321. The molecule has 0 spiro atoms. The average molecular weight is 284 g/mol. The molecule has 20 heavy (non-hydrogen) atoms. The number of ether oxygens (including phenoxy) is 1. The number of hydrogen-bond donors (Lipinski definition) is 1. The number of methoxy groups -OCH3 is 1. The van der Waals surface area contributed by atoms with Crippen LogP contribution in [0.5, 0.6) is 0 Å². The lowest BCUT2D eigenvalue weighted by atomic mass is 9.78. The van der Waals surface area contributed by atoms with Gasteiger partial charge in [0.2, 0.25) is 0 Å². The van der Waals surface area contributed by atoms with Gasteiger partial charge >= 0.3 is 5.97 Å². The summed E-state index contributed by atoms with van der Waals surface area (Å²) in [5.74, 6) is -0.104. The van der Waals surface area contributed by atoms with Crippen molar-refractivity contribution in [3.05, 3.63) is 0 Å². The molecule has 4 heteroatoms. The Hall–Kier alpha value is -0.610. The molecule has 0 amide bonds. The van der Waals surface area contributed by atoms with Crippen molar-refractivity contribution in [2.45, 2.75) is 65.0 Å². The van der Waals surface area contributed by atoms with Crippen molar-refractivity contribution in [2.75, 3.05) is 27.2 Å². The zero-order chi connectivity index (χ0) is 15.4. The molecule has 1 aliphatic carbocycles. The second-order valence-electron chi connectivity index (χ2n) is 7.33. The van der Waals surface area contributed by atoms with Crippen molar-refractivity contribution in [1.29, 1.82) is 0 Å². The molecule has 0 heterocycles. The lowest BCUT2D eigenvalue weighted by Gasteiger charge is -2.43. The normalized spacial score (nSPS) is 27.6. The van der Waals surface area contributed by atoms with Crippen molar-refractivity contribution in [2.24, 2.45) is 5.41 Å². The fourth-order valence-corrected chi connectivity index (χ4v) is 3.45. The van der Waals surface area contributed by atoms with Crippen LogP contribution in [-0.4, -0.2) is 49.7 Å². The monoisotopic (exact) mass is 284 g/mol. The summed E-state index contributed by atoms with van der Waals surface area (Å²) in [4.78, 5) is 14.6. The van der Waals surface area contributed by atoms with Crippen molar-refractivity contribution in [3.8, 4) is 0 Å². The van der Waals surface area contributed by atoms with E-state index in [4.69, 9.17) is 4.74 Å². The van der Waals surface area contributed by atoms with Crippen LogP contribution in [0.3, 0.4) is 0 Å². The first-order valence-corrected chi connectivity index (χ1v) is 7.78. The summed E-state index contributed by atoms with van der Waals surface area (Å²) in [6, 6.07) is 0.445. The zero-order valence-electron chi connectivity index (χ0n) is 14.1. The molecule has 1 fully saturated rings. The number of rotatable bonds is 5. The first-order valence-electron chi connectivity index (χ1n) is 7.78. The lowest BCUT2D eigenvalue weighted by molar-refractivity contribution is -0.151. The zero-order valence-corrected chi connectivity index (χ0v) is 14.1. The third kappa shape index (κ3) is 4.45. The molecule has 1 N–H and O–H groups in total. The highest BCUT2D eigenvalue weighted by atomic mass is 16.5. The number of hydrogen-bond acceptors (Lipinski definition) is 4. The van der Waals surface area contributed by atoms with E-state index in [0.29, 0.717) is 6.04 Å². The smallest absolute Gasteiger partial charge is 0.326 e. The van der Waals surface area contributed by atoms with Gasteiger partial charge < -0.3 is 15.0 Å². The van der Waals surface area contributed by atoms with Crippen molar-refractivity contribution >= 4 is 5.97 Å². The minimum Gasteiger partial charge on any atom is -0.468 e. The fourth-order valence-electron chi connectivity index (χ4n) is 3.45. The first kappa shape index (κ1) is 17.4. The van der Waals surface area contributed by atoms with Gasteiger partial charge in [0, 0.05) is 12.6 Å². The summed E-state index contributed by atoms with van der Waals surface area (Å²) in [5.41, 5.74) is -0.211. The summed E-state index contributed by atoms with van der Waals surface area (Å²) in [6.07, 6.45) is 3.96. The van der Waals surface area contributed by atoms with Gasteiger partial charge in [0.1, 0.15) is 5.54 Å². The summed E-state index contributed by atoms with van der Waals surface area (Å²) >= 11 is 0. The van der Waals surface area contributed by atoms with E-state index in [0.717, 1.165) is 38.8 Å². The predicted molar refractivity (Wildman–Crippen MR) is 82.8 cm³/mol. The molecule has 0 aromatic carbocycles. The highest BCUT2D eigenvalue weighted by Crippen LogP contribution is 2.33. The summed E-state index contributed by atoms with van der Waals surface area (Å²) in [7, 11) is 3.67. The number of nitrogens with one attached hydrogen (secondary N) is 1. The SMILES string of the molecule is CCNC1(C(=O)OC)CCCC(N(C)CC(C)(C)C)C1. The number of carbonyl (C=O) groups is 1. The topological polar surface area (TPSA) is 41.6 Å². The summed E-state index contributed by atoms with van der Waals surface area (Å²) in [5, 5.41) is 3.40. The molecule has 2 unspecified atom stereocenters. The average Bonchev–Trinajstić information content (AvgIpc) is 2.36. The molecule has 0 saturated heterocycles. The van der Waals surface area contributed by atoms with Crippen molar-refractivity contribution in [1.82, 2.24) is 10.2 Å². The molecule has 2 atom stereocenters. The third-order valence-corrected chi connectivity index (χ3v) is 4.16. The highest BCUT2D eigenvalue weighted by molar-refractivity contribution is 5.81. The highest BCUT2D eigenvalue weighted by Gasteiger charge is 2.44.